The topological polar surface area (TPSA) is 112 Å². The lowest BCUT2D eigenvalue weighted by Crippen LogP contribution is -2.44. The van der Waals surface area contributed by atoms with Gasteiger partial charge >= 0.3 is 6.01 Å². The van der Waals surface area contributed by atoms with E-state index in [0.717, 1.165) is 29.8 Å². The van der Waals surface area contributed by atoms with E-state index in [-0.39, 0.29) is 12.0 Å². The fourth-order valence-corrected chi connectivity index (χ4v) is 4.09. The van der Waals surface area contributed by atoms with Crippen molar-refractivity contribution in [3.63, 3.8) is 0 Å². The molecular weight excluding hydrogens is 438 g/mol. The Morgan fingerprint density at radius 3 is 2.29 bits per heavy atom. The number of methoxy groups -OCH3 is 3. The average Bonchev–Trinajstić information content (AvgIpc) is 3.32. The number of hydrogen-bond acceptors (Lipinski definition) is 8. The fourth-order valence-electron chi connectivity index (χ4n) is 4.09. The van der Waals surface area contributed by atoms with Crippen molar-refractivity contribution in [2.24, 2.45) is 0 Å². The highest BCUT2D eigenvalue weighted by Crippen LogP contribution is 2.40. The number of hydrogen-bond donors (Lipinski definition) is 1. The molecule has 3 aromatic rings. The Balaban J connectivity index is 1.50. The molecule has 0 radical (unpaired) electrons. The molecule has 1 aliphatic heterocycles. The van der Waals surface area contributed by atoms with Gasteiger partial charge in [-0.25, -0.2) is 9.97 Å². The third kappa shape index (κ3) is 4.90. The van der Waals surface area contributed by atoms with Crippen LogP contribution in [0.15, 0.2) is 24.3 Å². The van der Waals surface area contributed by atoms with Gasteiger partial charge in [0.1, 0.15) is 11.8 Å². The number of aromatic amines is 1. The van der Waals surface area contributed by atoms with E-state index in [1.54, 1.807) is 44.4 Å². The summed E-state index contributed by atoms with van der Waals surface area (Å²) in [5.41, 5.74) is 3.42. The Morgan fingerprint density at radius 1 is 1.00 bits per heavy atom. The van der Waals surface area contributed by atoms with Gasteiger partial charge in [0.05, 0.1) is 33.6 Å². The van der Waals surface area contributed by atoms with E-state index in [2.05, 4.69) is 20.2 Å². The molecule has 4 rings (SSSR count). The van der Waals surface area contributed by atoms with E-state index in [4.69, 9.17) is 18.9 Å². The number of benzene rings is 1. The summed E-state index contributed by atoms with van der Waals surface area (Å²) in [5, 5.41) is 7.20. The first-order chi connectivity index (χ1) is 16.4. The summed E-state index contributed by atoms with van der Waals surface area (Å²) in [6.45, 7) is 4.91. The summed E-state index contributed by atoms with van der Waals surface area (Å²) < 4.78 is 22.2. The third-order valence-corrected chi connectivity index (χ3v) is 5.67. The number of rotatable bonds is 7. The van der Waals surface area contributed by atoms with Crippen LogP contribution in [0.5, 0.6) is 23.3 Å². The van der Waals surface area contributed by atoms with Crippen LogP contribution in [0, 0.1) is 13.8 Å². The number of H-pyrrole nitrogens is 1. The number of amides is 1. The van der Waals surface area contributed by atoms with Crippen molar-refractivity contribution in [2.75, 3.05) is 34.4 Å². The molecule has 3 heterocycles. The molecule has 1 N–H and O–H groups in total. The zero-order valence-electron chi connectivity index (χ0n) is 20.0. The molecule has 1 unspecified atom stereocenters. The van der Waals surface area contributed by atoms with Crippen molar-refractivity contribution in [1.82, 2.24) is 25.1 Å². The first-order valence-electron chi connectivity index (χ1n) is 11.1. The Kier molecular flexibility index (Phi) is 6.85. The minimum absolute atomic E-state index is 0.138. The second kappa shape index (κ2) is 9.98. The molecule has 0 aliphatic carbocycles. The Hall–Kier alpha value is -3.82. The third-order valence-electron chi connectivity index (χ3n) is 5.67. The quantitative estimate of drug-likeness (QED) is 0.564. The second-order valence-electron chi connectivity index (χ2n) is 8.15. The van der Waals surface area contributed by atoms with Crippen LogP contribution in [0.1, 0.15) is 34.7 Å². The fraction of sp³-hybridized carbons (Fsp3) is 0.417. The van der Waals surface area contributed by atoms with E-state index >= 15 is 0 Å². The molecule has 1 aromatic carbocycles. The highest BCUT2D eigenvalue weighted by Gasteiger charge is 2.28. The predicted molar refractivity (Wildman–Crippen MR) is 125 cm³/mol. The number of aromatic nitrogens is 4. The zero-order valence-corrected chi connectivity index (χ0v) is 20.0. The van der Waals surface area contributed by atoms with Gasteiger partial charge in [0, 0.05) is 23.5 Å². The van der Waals surface area contributed by atoms with Crippen LogP contribution in [-0.2, 0) is 0 Å². The van der Waals surface area contributed by atoms with Crippen LogP contribution in [-0.4, -0.2) is 71.5 Å². The molecule has 10 nitrogen and oxygen atoms in total. The molecule has 10 heteroatoms. The monoisotopic (exact) mass is 467 g/mol. The molecule has 1 fully saturated rings. The minimum atomic E-state index is -0.170. The number of likely N-dealkylation sites (tertiary alicyclic amines) is 1. The van der Waals surface area contributed by atoms with Crippen molar-refractivity contribution in [3.05, 3.63) is 41.3 Å². The van der Waals surface area contributed by atoms with Crippen LogP contribution in [0.4, 0.5) is 0 Å². The van der Waals surface area contributed by atoms with Crippen LogP contribution >= 0.6 is 0 Å². The molecule has 0 spiro atoms. The number of ether oxygens (including phenoxy) is 4. The van der Waals surface area contributed by atoms with Crippen LogP contribution in [0.2, 0.25) is 0 Å². The number of carbonyl (C=O) groups excluding carboxylic acids is 1. The highest BCUT2D eigenvalue weighted by atomic mass is 16.5. The lowest BCUT2D eigenvalue weighted by atomic mass is 10.1. The largest absolute Gasteiger partial charge is 0.493 e. The Labute approximate surface area is 198 Å². The van der Waals surface area contributed by atoms with Gasteiger partial charge in [-0.2, -0.15) is 5.10 Å². The van der Waals surface area contributed by atoms with Gasteiger partial charge in [0.15, 0.2) is 11.5 Å². The minimum Gasteiger partial charge on any atom is -0.493 e. The summed E-state index contributed by atoms with van der Waals surface area (Å²) >= 11 is 0. The summed E-state index contributed by atoms with van der Waals surface area (Å²) in [4.78, 5) is 23.7. The first-order valence-corrected chi connectivity index (χ1v) is 11.1. The first kappa shape index (κ1) is 23.3. The number of nitrogens with zero attached hydrogens (tertiary/aromatic N) is 4. The highest BCUT2D eigenvalue weighted by molar-refractivity contribution is 5.93. The molecule has 34 heavy (non-hydrogen) atoms. The van der Waals surface area contributed by atoms with Gasteiger partial charge in [0.25, 0.3) is 5.91 Å². The molecule has 1 atom stereocenters. The van der Waals surface area contributed by atoms with E-state index < -0.39 is 0 Å². The number of carbonyl (C=O) groups is 1. The maximum absolute atomic E-state index is 13.2. The van der Waals surface area contributed by atoms with Crippen molar-refractivity contribution in [1.29, 1.82) is 0 Å². The van der Waals surface area contributed by atoms with Crippen molar-refractivity contribution < 1.29 is 23.7 Å². The Morgan fingerprint density at radius 2 is 1.68 bits per heavy atom. The maximum Gasteiger partial charge on any atom is 0.317 e. The van der Waals surface area contributed by atoms with E-state index in [0.29, 0.717) is 47.7 Å². The summed E-state index contributed by atoms with van der Waals surface area (Å²) in [6, 6.07) is 7.55. The maximum atomic E-state index is 13.2. The average molecular weight is 468 g/mol. The van der Waals surface area contributed by atoms with Crippen molar-refractivity contribution in [3.8, 4) is 34.5 Å². The normalized spacial score (nSPS) is 15.7. The van der Waals surface area contributed by atoms with E-state index in [9.17, 15) is 4.79 Å². The standard InChI is InChI=1S/C24H29N5O5/c1-14-9-15(2)26-24(25-14)34-17-7-6-8-29(13-17)23(30)19-12-18(27-28-19)16-10-20(31-3)22(33-5)21(11-16)32-4/h9-12,17H,6-8,13H2,1-5H3,(H,27,28). The molecule has 1 saturated heterocycles. The number of aryl methyl sites for hydroxylation is 2. The van der Waals surface area contributed by atoms with Gasteiger partial charge in [-0.05, 0) is 51.0 Å². The van der Waals surface area contributed by atoms with E-state index in [1.807, 2.05) is 19.9 Å². The van der Waals surface area contributed by atoms with E-state index in [1.165, 1.54) is 0 Å². The predicted octanol–water partition coefficient (Wildman–Crippen LogP) is 3.19. The van der Waals surface area contributed by atoms with Gasteiger partial charge in [-0.1, -0.05) is 0 Å². The Bertz CT molecular complexity index is 1130. The molecular formula is C24H29N5O5. The van der Waals surface area contributed by atoms with Gasteiger partial charge in [-0.3, -0.25) is 9.89 Å². The van der Waals surface area contributed by atoms with Crippen LogP contribution in [0.3, 0.4) is 0 Å². The van der Waals surface area contributed by atoms with Crippen molar-refractivity contribution >= 4 is 5.91 Å². The van der Waals surface area contributed by atoms with Crippen LogP contribution in [0.25, 0.3) is 11.3 Å². The van der Waals surface area contributed by atoms with Crippen molar-refractivity contribution in [2.45, 2.75) is 32.8 Å². The van der Waals surface area contributed by atoms with Gasteiger partial charge in [0.2, 0.25) is 5.75 Å². The molecule has 0 saturated carbocycles. The lowest BCUT2D eigenvalue weighted by molar-refractivity contribution is 0.0510. The summed E-state index contributed by atoms with van der Waals surface area (Å²) in [7, 11) is 4.66. The summed E-state index contributed by atoms with van der Waals surface area (Å²) in [5.74, 6) is 1.38. The van der Waals surface area contributed by atoms with Gasteiger partial charge < -0.3 is 23.8 Å². The molecule has 1 aliphatic rings. The number of nitrogens with one attached hydrogen (secondary N) is 1. The van der Waals surface area contributed by atoms with Gasteiger partial charge in [-0.15, -0.1) is 0 Å². The molecule has 0 bridgehead atoms. The molecule has 1 amide bonds. The summed E-state index contributed by atoms with van der Waals surface area (Å²) in [6.07, 6.45) is 1.49. The molecule has 2 aromatic heterocycles. The number of piperidine rings is 1. The second-order valence-corrected chi connectivity index (χ2v) is 8.15. The SMILES string of the molecule is COc1cc(-c2cc(C(=O)N3CCCC(Oc4nc(C)cc(C)n4)C3)[nH]n2)cc(OC)c1OC. The zero-order chi connectivity index (χ0) is 24.2. The van der Waals surface area contributed by atoms with Crippen LogP contribution < -0.4 is 18.9 Å². The molecule has 180 valence electrons. The lowest BCUT2D eigenvalue weighted by Gasteiger charge is -2.32. The smallest absolute Gasteiger partial charge is 0.317 e.